The summed E-state index contributed by atoms with van der Waals surface area (Å²) in [6.45, 7) is 3.96. The Kier molecular flexibility index (Phi) is 5.16. The monoisotopic (exact) mass is 386 g/mol. The predicted octanol–water partition coefficient (Wildman–Crippen LogP) is 4.99. The molecule has 29 heavy (non-hydrogen) atoms. The highest BCUT2D eigenvalue weighted by molar-refractivity contribution is 5.90. The second kappa shape index (κ2) is 8.06. The lowest BCUT2D eigenvalue weighted by molar-refractivity contribution is 0.248. The van der Waals surface area contributed by atoms with Crippen LogP contribution in [0.2, 0.25) is 0 Å². The Balaban J connectivity index is 1.53. The number of nitrogens with one attached hydrogen (secondary N) is 2. The molecule has 4 aromatic rings. The fourth-order valence-electron chi connectivity index (χ4n) is 3.32. The van der Waals surface area contributed by atoms with Crippen LogP contribution in [0.1, 0.15) is 28.8 Å². The minimum atomic E-state index is -0.384. The van der Waals surface area contributed by atoms with Gasteiger partial charge in [0.25, 0.3) is 0 Å². The van der Waals surface area contributed by atoms with Crippen LogP contribution in [0, 0.1) is 13.8 Å². The van der Waals surface area contributed by atoms with Crippen molar-refractivity contribution < 1.29 is 9.21 Å². The zero-order chi connectivity index (χ0) is 20.2. The molecule has 2 aromatic carbocycles. The Hall–Kier alpha value is -3.80. The third-order valence-corrected chi connectivity index (χ3v) is 4.59. The number of benzene rings is 2. The SMILES string of the molecule is Cc1cc(C)n(-c2cccc(NC(=O)NC(c3ccccc3)c3ccco3)c2)n1. The standard InChI is InChI=1S/C23H22N4O2/c1-16-14-17(2)27(26-16)20-11-6-10-19(15-20)24-23(28)25-22(21-12-7-13-29-21)18-8-4-3-5-9-18/h3-15,22H,1-2H3,(H2,24,25,28). The van der Waals surface area contributed by atoms with Gasteiger partial charge in [-0.15, -0.1) is 0 Å². The number of carbonyl (C=O) groups excluding carboxylic acids is 1. The topological polar surface area (TPSA) is 72.1 Å². The summed E-state index contributed by atoms with van der Waals surface area (Å²) < 4.78 is 7.39. The Morgan fingerprint density at radius 1 is 1.00 bits per heavy atom. The largest absolute Gasteiger partial charge is 0.467 e. The summed E-state index contributed by atoms with van der Waals surface area (Å²) in [7, 11) is 0. The molecule has 2 N–H and O–H groups in total. The van der Waals surface area contributed by atoms with Crippen molar-refractivity contribution in [3.63, 3.8) is 0 Å². The zero-order valence-corrected chi connectivity index (χ0v) is 16.3. The van der Waals surface area contributed by atoms with E-state index in [1.807, 2.05) is 91.3 Å². The van der Waals surface area contributed by atoms with E-state index in [1.165, 1.54) is 0 Å². The van der Waals surface area contributed by atoms with Crippen LogP contribution in [0.25, 0.3) is 5.69 Å². The van der Waals surface area contributed by atoms with Gasteiger partial charge in [0.05, 0.1) is 17.6 Å². The number of aryl methyl sites for hydroxylation is 2. The Morgan fingerprint density at radius 3 is 2.52 bits per heavy atom. The first kappa shape index (κ1) is 18.6. The van der Waals surface area contributed by atoms with E-state index in [-0.39, 0.29) is 12.1 Å². The Labute approximate surface area is 169 Å². The summed E-state index contributed by atoms with van der Waals surface area (Å²) in [6.07, 6.45) is 1.60. The molecule has 0 fully saturated rings. The molecule has 6 heteroatoms. The molecule has 0 saturated heterocycles. The average Bonchev–Trinajstić information content (AvgIpc) is 3.36. The molecule has 2 heterocycles. The van der Waals surface area contributed by atoms with E-state index in [2.05, 4.69) is 15.7 Å². The van der Waals surface area contributed by atoms with Gasteiger partial charge in [0.2, 0.25) is 0 Å². The van der Waals surface area contributed by atoms with E-state index in [0.717, 1.165) is 22.6 Å². The number of amides is 2. The van der Waals surface area contributed by atoms with Crippen LogP contribution >= 0.6 is 0 Å². The molecule has 2 aromatic heterocycles. The van der Waals surface area contributed by atoms with E-state index in [9.17, 15) is 4.79 Å². The van der Waals surface area contributed by atoms with Gasteiger partial charge in [-0.3, -0.25) is 0 Å². The number of furan rings is 1. The van der Waals surface area contributed by atoms with Gasteiger partial charge in [-0.05, 0) is 55.8 Å². The third-order valence-electron chi connectivity index (χ3n) is 4.59. The van der Waals surface area contributed by atoms with Crippen LogP contribution < -0.4 is 10.6 Å². The fourth-order valence-corrected chi connectivity index (χ4v) is 3.32. The van der Waals surface area contributed by atoms with Crippen LogP contribution in [0.3, 0.4) is 0 Å². The fraction of sp³-hybridized carbons (Fsp3) is 0.130. The Morgan fingerprint density at radius 2 is 1.83 bits per heavy atom. The highest BCUT2D eigenvalue weighted by atomic mass is 16.3. The highest BCUT2D eigenvalue weighted by Gasteiger charge is 2.19. The molecular formula is C23H22N4O2. The molecule has 1 unspecified atom stereocenters. The van der Waals surface area contributed by atoms with Gasteiger partial charge in [-0.25, -0.2) is 9.48 Å². The van der Waals surface area contributed by atoms with E-state index in [4.69, 9.17) is 4.42 Å². The maximum absolute atomic E-state index is 12.7. The highest BCUT2D eigenvalue weighted by Crippen LogP contribution is 2.23. The summed E-state index contributed by atoms with van der Waals surface area (Å²) >= 11 is 0. The molecule has 4 rings (SSSR count). The summed E-state index contributed by atoms with van der Waals surface area (Å²) in [6, 6.07) is 22.3. The number of nitrogens with zero attached hydrogens (tertiary/aromatic N) is 2. The lowest BCUT2D eigenvalue weighted by Crippen LogP contribution is -2.33. The predicted molar refractivity (Wildman–Crippen MR) is 112 cm³/mol. The molecule has 0 aliphatic heterocycles. The smallest absolute Gasteiger partial charge is 0.320 e. The number of hydrogen-bond acceptors (Lipinski definition) is 3. The van der Waals surface area contributed by atoms with Crippen molar-refractivity contribution in [3.05, 3.63) is 102 Å². The van der Waals surface area contributed by atoms with Gasteiger partial charge in [-0.1, -0.05) is 36.4 Å². The molecule has 0 aliphatic rings. The van der Waals surface area contributed by atoms with Gasteiger partial charge < -0.3 is 15.1 Å². The van der Waals surface area contributed by atoms with Crippen molar-refractivity contribution in [1.82, 2.24) is 15.1 Å². The van der Waals surface area contributed by atoms with Gasteiger partial charge >= 0.3 is 6.03 Å². The van der Waals surface area contributed by atoms with Crippen molar-refractivity contribution >= 4 is 11.7 Å². The summed E-state index contributed by atoms with van der Waals surface area (Å²) in [5, 5.41) is 10.4. The molecule has 146 valence electrons. The van der Waals surface area contributed by atoms with Crippen molar-refractivity contribution in [2.75, 3.05) is 5.32 Å². The molecule has 0 bridgehead atoms. The van der Waals surface area contributed by atoms with Crippen molar-refractivity contribution in [2.24, 2.45) is 0 Å². The molecule has 2 amide bonds. The number of aromatic nitrogens is 2. The first-order chi connectivity index (χ1) is 14.1. The molecular weight excluding hydrogens is 364 g/mol. The van der Waals surface area contributed by atoms with E-state index in [0.29, 0.717) is 11.4 Å². The molecule has 6 nitrogen and oxygen atoms in total. The van der Waals surface area contributed by atoms with Crippen LogP contribution in [0.4, 0.5) is 10.5 Å². The number of urea groups is 1. The maximum atomic E-state index is 12.7. The van der Waals surface area contributed by atoms with Crippen LogP contribution in [0.15, 0.2) is 83.5 Å². The summed E-state index contributed by atoms with van der Waals surface area (Å²) in [5.74, 6) is 0.669. The van der Waals surface area contributed by atoms with Crippen molar-refractivity contribution in [2.45, 2.75) is 19.9 Å². The molecule has 1 atom stereocenters. The van der Waals surface area contributed by atoms with E-state index >= 15 is 0 Å². The zero-order valence-electron chi connectivity index (χ0n) is 16.3. The lowest BCUT2D eigenvalue weighted by Gasteiger charge is -2.18. The van der Waals surface area contributed by atoms with Crippen molar-refractivity contribution in [1.29, 1.82) is 0 Å². The van der Waals surface area contributed by atoms with Gasteiger partial charge in [0, 0.05) is 11.4 Å². The maximum Gasteiger partial charge on any atom is 0.320 e. The number of carbonyl (C=O) groups is 1. The van der Waals surface area contributed by atoms with Crippen molar-refractivity contribution in [3.8, 4) is 5.69 Å². The Bertz CT molecular complexity index is 1100. The molecule has 0 saturated carbocycles. The number of hydrogen-bond donors (Lipinski definition) is 2. The number of anilines is 1. The van der Waals surface area contributed by atoms with Crippen LogP contribution in [-0.4, -0.2) is 15.8 Å². The van der Waals surface area contributed by atoms with Gasteiger partial charge in [-0.2, -0.15) is 5.10 Å². The third kappa shape index (κ3) is 4.21. The second-order valence-corrected chi connectivity index (χ2v) is 6.85. The van der Waals surface area contributed by atoms with E-state index in [1.54, 1.807) is 6.26 Å². The first-order valence-corrected chi connectivity index (χ1v) is 9.40. The van der Waals surface area contributed by atoms with Crippen LogP contribution in [0.5, 0.6) is 0 Å². The van der Waals surface area contributed by atoms with E-state index < -0.39 is 0 Å². The summed E-state index contributed by atoms with van der Waals surface area (Å²) in [4.78, 5) is 12.7. The molecule has 0 radical (unpaired) electrons. The average molecular weight is 386 g/mol. The quantitative estimate of drug-likeness (QED) is 0.507. The minimum Gasteiger partial charge on any atom is -0.467 e. The normalized spacial score (nSPS) is 11.8. The minimum absolute atomic E-state index is 0.319. The van der Waals surface area contributed by atoms with Gasteiger partial charge in [0.15, 0.2) is 0 Å². The summed E-state index contributed by atoms with van der Waals surface area (Å²) in [5.41, 5.74) is 4.49. The first-order valence-electron chi connectivity index (χ1n) is 9.40. The van der Waals surface area contributed by atoms with Gasteiger partial charge in [0.1, 0.15) is 11.8 Å². The number of rotatable bonds is 5. The lowest BCUT2D eigenvalue weighted by atomic mass is 10.1. The molecule has 0 spiro atoms. The van der Waals surface area contributed by atoms with Crippen LogP contribution in [-0.2, 0) is 0 Å². The molecule has 0 aliphatic carbocycles. The second-order valence-electron chi connectivity index (χ2n) is 6.85.